The van der Waals surface area contributed by atoms with E-state index in [9.17, 15) is 4.79 Å². The van der Waals surface area contributed by atoms with Gasteiger partial charge in [0.25, 0.3) is 0 Å². The van der Waals surface area contributed by atoms with Crippen LogP contribution in [0.25, 0.3) is 0 Å². The minimum atomic E-state index is -0.0616. The van der Waals surface area contributed by atoms with Crippen LogP contribution >= 0.6 is 0 Å². The van der Waals surface area contributed by atoms with Crippen molar-refractivity contribution in [3.05, 3.63) is 88.6 Å². The number of ketones is 1. The number of hydrogen-bond acceptors (Lipinski definition) is 4. The van der Waals surface area contributed by atoms with E-state index in [4.69, 9.17) is 5.26 Å². The lowest BCUT2D eigenvalue weighted by Crippen LogP contribution is -2.07. The number of rotatable bonds is 5. The van der Waals surface area contributed by atoms with E-state index in [0.29, 0.717) is 23.4 Å². The van der Waals surface area contributed by atoms with Crippen molar-refractivity contribution in [2.45, 2.75) is 20.3 Å². The molecule has 128 valence electrons. The van der Waals surface area contributed by atoms with Gasteiger partial charge in [-0.25, -0.2) is 4.98 Å². The van der Waals surface area contributed by atoms with Crippen LogP contribution in [-0.4, -0.2) is 10.8 Å². The molecule has 0 saturated carbocycles. The molecule has 0 bridgehead atoms. The molecule has 2 aromatic carbocycles. The third kappa shape index (κ3) is 3.96. The normalized spacial score (nSPS) is 10.2. The highest BCUT2D eigenvalue weighted by molar-refractivity contribution is 6.12. The van der Waals surface area contributed by atoms with Crippen molar-refractivity contribution >= 4 is 17.3 Å². The third-order valence-corrected chi connectivity index (χ3v) is 4.04. The molecule has 0 unspecified atom stereocenters. The first-order chi connectivity index (χ1) is 12.6. The Morgan fingerprint density at radius 2 is 1.77 bits per heavy atom. The summed E-state index contributed by atoms with van der Waals surface area (Å²) < 4.78 is 0. The van der Waals surface area contributed by atoms with E-state index in [-0.39, 0.29) is 5.78 Å². The number of nitriles is 1. The van der Waals surface area contributed by atoms with E-state index in [0.717, 1.165) is 22.4 Å². The van der Waals surface area contributed by atoms with Gasteiger partial charge in [0.2, 0.25) is 0 Å². The number of aromatic nitrogens is 1. The summed E-state index contributed by atoms with van der Waals surface area (Å²) in [4.78, 5) is 17.3. The summed E-state index contributed by atoms with van der Waals surface area (Å²) in [7, 11) is 0. The van der Waals surface area contributed by atoms with Gasteiger partial charge in [-0.15, -0.1) is 0 Å². The number of carbonyl (C=O) groups is 1. The van der Waals surface area contributed by atoms with Crippen LogP contribution in [0.3, 0.4) is 0 Å². The Labute approximate surface area is 153 Å². The molecule has 0 fully saturated rings. The Balaban J connectivity index is 1.90. The second kappa shape index (κ2) is 7.62. The average Bonchev–Trinajstić information content (AvgIpc) is 2.63. The zero-order valence-corrected chi connectivity index (χ0v) is 14.8. The van der Waals surface area contributed by atoms with Crippen molar-refractivity contribution in [1.82, 2.24) is 4.98 Å². The van der Waals surface area contributed by atoms with Crippen LogP contribution in [0.1, 0.15) is 32.6 Å². The number of aryl methyl sites for hydroxylation is 2. The molecule has 4 heteroatoms. The van der Waals surface area contributed by atoms with E-state index in [1.165, 1.54) is 0 Å². The smallest absolute Gasteiger partial charge is 0.196 e. The van der Waals surface area contributed by atoms with Gasteiger partial charge in [0, 0.05) is 17.4 Å². The predicted octanol–water partition coefficient (Wildman–Crippen LogP) is 4.74. The predicted molar refractivity (Wildman–Crippen MR) is 103 cm³/mol. The summed E-state index contributed by atoms with van der Waals surface area (Å²) in [6.07, 6.45) is 2.03. The first-order valence-corrected chi connectivity index (χ1v) is 8.38. The monoisotopic (exact) mass is 341 g/mol. The van der Waals surface area contributed by atoms with Crippen molar-refractivity contribution in [1.29, 1.82) is 5.26 Å². The summed E-state index contributed by atoms with van der Waals surface area (Å²) in [5.74, 6) is 0.457. The van der Waals surface area contributed by atoms with Crippen LogP contribution in [0, 0.1) is 25.2 Å². The van der Waals surface area contributed by atoms with Crippen LogP contribution in [-0.2, 0) is 6.42 Å². The minimum Gasteiger partial charge on any atom is -0.340 e. The second-order valence-corrected chi connectivity index (χ2v) is 6.26. The van der Waals surface area contributed by atoms with Gasteiger partial charge in [-0.1, -0.05) is 29.3 Å². The van der Waals surface area contributed by atoms with E-state index in [1.54, 1.807) is 18.3 Å². The van der Waals surface area contributed by atoms with Gasteiger partial charge < -0.3 is 5.32 Å². The van der Waals surface area contributed by atoms with E-state index < -0.39 is 0 Å². The molecule has 0 atom stereocenters. The van der Waals surface area contributed by atoms with Crippen LogP contribution < -0.4 is 5.32 Å². The van der Waals surface area contributed by atoms with E-state index in [2.05, 4.69) is 16.4 Å². The molecule has 4 nitrogen and oxygen atoms in total. The summed E-state index contributed by atoms with van der Waals surface area (Å²) in [6, 6.07) is 19.0. The zero-order chi connectivity index (χ0) is 18.5. The molecule has 0 radical (unpaired) electrons. The quantitative estimate of drug-likeness (QED) is 0.681. The highest BCUT2D eigenvalue weighted by Gasteiger charge is 2.15. The Hall–Kier alpha value is -3.45. The van der Waals surface area contributed by atoms with Gasteiger partial charge in [0.15, 0.2) is 5.78 Å². The number of nitrogens with zero attached hydrogens (tertiary/aromatic N) is 2. The molecule has 26 heavy (non-hydrogen) atoms. The Bertz CT molecular complexity index is 965. The number of nitrogens with one attached hydrogen (secondary N) is 1. The Morgan fingerprint density at radius 3 is 2.42 bits per heavy atom. The molecule has 1 aromatic heterocycles. The minimum absolute atomic E-state index is 0.0616. The second-order valence-electron chi connectivity index (χ2n) is 6.26. The lowest BCUT2D eigenvalue weighted by Gasteiger charge is -2.11. The maximum absolute atomic E-state index is 13.0. The summed E-state index contributed by atoms with van der Waals surface area (Å²) >= 11 is 0. The maximum atomic E-state index is 13.0. The van der Waals surface area contributed by atoms with Crippen LogP contribution in [0.5, 0.6) is 0 Å². The van der Waals surface area contributed by atoms with E-state index >= 15 is 0 Å². The fraction of sp³-hybridized carbons (Fsp3) is 0.136. The highest BCUT2D eigenvalue weighted by Crippen LogP contribution is 2.22. The first kappa shape index (κ1) is 17.4. The number of benzene rings is 2. The lowest BCUT2D eigenvalue weighted by atomic mass is 9.99. The van der Waals surface area contributed by atoms with Crippen LogP contribution in [0.2, 0.25) is 0 Å². The molecule has 0 aliphatic heterocycles. The Kier molecular flexibility index (Phi) is 5.09. The molecule has 1 heterocycles. The van der Waals surface area contributed by atoms with Crippen LogP contribution in [0.15, 0.2) is 60.8 Å². The van der Waals surface area contributed by atoms with Crippen molar-refractivity contribution < 1.29 is 4.79 Å². The number of carbonyl (C=O) groups excluding carboxylic acids is 1. The first-order valence-electron chi connectivity index (χ1n) is 8.38. The molecule has 0 aliphatic carbocycles. The van der Waals surface area contributed by atoms with Crippen molar-refractivity contribution in [3.63, 3.8) is 0 Å². The van der Waals surface area contributed by atoms with Crippen molar-refractivity contribution in [3.8, 4) is 6.07 Å². The fourth-order valence-corrected chi connectivity index (χ4v) is 2.88. The van der Waals surface area contributed by atoms with E-state index in [1.807, 2.05) is 56.3 Å². The SMILES string of the molecule is Cc1cc(C)cc(C(=O)c2cccnc2Nc2ccc(CC#N)cc2)c1. The standard InChI is InChI=1S/C22H19N3O/c1-15-12-16(2)14-18(13-15)21(26)20-4-3-11-24-22(20)25-19-7-5-17(6-8-19)9-10-23/h3-8,11-14H,9H2,1-2H3,(H,24,25). The molecule has 0 aliphatic rings. The van der Waals surface area contributed by atoms with Gasteiger partial charge in [-0.2, -0.15) is 5.26 Å². The molecule has 0 saturated heterocycles. The van der Waals surface area contributed by atoms with Crippen LogP contribution in [0.4, 0.5) is 11.5 Å². The summed E-state index contributed by atoms with van der Waals surface area (Å²) in [5.41, 5.74) is 5.06. The molecule has 3 aromatic rings. The van der Waals surface area contributed by atoms with Gasteiger partial charge in [0.1, 0.15) is 5.82 Å². The van der Waals surface area contributed by atoms with Gasteiger partial charge in [-0.3, -0.25) is 4.79 Å². The fourth-order valence-electron chi connectivity index (χ4n) is 2.88. The third-order valence-electron chi connectivity index (χ3n) is 4.04. The molecule has 0 spiro atoms. The molecule has 0 amide bonds. The summed E-state index contributed by atoms with van der Waals surface area (Å²) in [6.45, 7) is 3.96. The molecular formula is C22H19N3O. The maximum Gasteiger partial charge on any atom is 0.196 e. The largest absolute Gasteiger partial charge is 0.340 e. The topological polar surface area (TPSA) is 65.8 Å². The average molecular weight is 341 g/mol. The highest BCUT2D eigenvalue weighted by atomic mass is 16.1. The van der Waals surface area contributed by atoms with Crippen molar-refractivity contribution in [2.24, 2.45) is 0 Å². The number of pyridine rings is 1. The molecule has 3 rings (SSSR count). The lowest BCUT2D eigenvalue weighted by molar-refractivity contribution is 0.103. The summed E-state index contributed by atoms with van der Waals surface area (Å²) in [5, 5.41) is 12.0. The molecule has 1 N–H and O–H groups in total. The Morgan fingerprint density at radius 1 is 1.08 bits per heavy atom. The number of anilines is 2. The zero-order valence-electron chi connectivity index (χ0n) is 14.8. The van der Waals surface area contributed by atoms with Gasteiger partial charge >= 0.3 is 0 Å². The number of hydrogen-bond donors (Lipinski definition) is 1. The van der Waals surface area contributed by atoms with Crippen molar-refractivity contribution in [2.75, 3.05) is 5.32 Å². The molecular weight excluding hydrogens is 322 g/mol. The van der Waals surface area contributed by atoms with Gasteiger partial charge in [0.05, 0.1) is 18.1 Å². The van der Waals surface area contributed by atoms with Gasteiger partial charge in [-0.05, 0) is 55.8 Å².